The first kappa shape index (κ1) is 13.5. The Hall–Kier alpha value is -1.52. The Morgan fingerprint density at radius 2 is 2.05 bits per heavy atom. The molecule has 1 aromatic carbocycles. The van der Waals surface area contributed by atoms with Gasteiger partial charge in [0.05, 0.1) is 7.11 Å². The van der Waals surface area contributed by atoms with Crippen LogP contribution in [0.1, 0.15) is 39.4 Å². The monoisotopic (exact) mass is 289 g/mol. The molecule has 0 amide bonds. The Bertz CT molecular complexity index is 635. The third kappa shape index (κ3) is 2.30. The highest BCUT2D eigenvalue weighted by atomic mass is 32.1. The van der Waals surface area contributed by atoms with Crippen LogP contribution in [0.5, 0.6) is 11.5 Å². The van der Waals surface area contributed by atoms with Crippen molar-refractivity contribution in [2.45, 2.75) is 32.4 Å². The van der Waals surface area contributed by atoms with Crippen LogP contribution in [0, 0.1) is 13.8 Å². The van der Waals surface area contributed by atoms with E-state index in [0.29, 0.717) is 0 Å². The molecule has 0 aliphatic carbocycles. The molecule has 2 atom stereocenters. The van der Waals surface area contributed by atoms with E-state index in [1.54, 1.807) is 7.11 Å². The smallest absolute Gasteiger partial charge is 0.128 e. The van der Waals surface area contributed by atoms with Crippen molar-refractivity contribution in [3.05, 3.63) is 45.1 Å². The van der Waals surface area contributed by atoms with Crippen molar-refractivity contribution in [3.8, 4) is 11.5 Å². The normalized spacial score (nSPS) is 21.2. The maximum absolute atomic E-state index is 6.31. The van der Waals surface area contributed by atoms with E-state index in [4.69, 9.17) is 15.2 Å². The third-order valence-corrected chi connectivity index (χ3v) is 4.77. The number of methoxy groups -OCH3 is 1. The summed E-state index contributed by atoms with van der Waals surface area (Å²) in [4.78, 5) is 2.62. The highest BCUT2D eigenvalue weighted by Crippen LogP contribution is 2.43. The number of rotatable bonds is 2. The molecule has 0 spiro atoms. The highest BCUT2D eigenvalue weighted by molar-refractivity contribution is 7.12. The van der Waals surface area contributed by atoms with Gasteiger partial charge in [-0.15, -0.1) is 11.3 Å². The Morgan fingerprint density at radius 1 is 1.25 bits per heavy atom. The molecule has 2 aromatic rings. The van der Waals surface area contributed by atoms with E-state index in [2.05, 4.69) is 19.9 Å². The summed E-state index contributed by atoms with van der Waals surface area (Å²) in [5.74, 6) is 1.64. The molecule has 3 rings (SSSR count). The van der Waals surface area contributed by atoms with Gasteiger partial charge < -0.3 is 15.2 Å². The van der Waals surface area contributed by atoms with Crippen LogP contribution in [0.25, 0.3) is 0 Å². The average Bonchev–Trinajstić information content (AvgIpc) is 2.77. The van der Waals surface area contributed by atoms with Crippen molar-refractivity contribution in [1.29, 1.82) is 0 Å². The molecule has 2 N–H and O–H groups in total. The molecule has 1 aliphatic rings. The number of fused-ring (bicyclic) bond motifs is 1. The van der Waals surface area contributed by atoms with Gasteiger partial charge in [-0.05, 0) is 26.0 Å². The molecule has 1 aromatic heterocycles. The molecule has 0 fully saturated rings. The van der Waals surface area contributed by atoms with Crippen molar-refractivity contribution in [2.75, 3.05) is 7.11 Å². The summed E-state index contributed by atoms with van der Waals surface area (Å²) in [6.07, 6.45) is 0.852. The summed E-state index contributed by atoms with van der Waals surface area (Å²) in [5.41, 5.74) is 8.63. The maximum Gasteiger partial charge on any atom is 0.128 e. The Labute approximate surface area is 123 Å². The van der Waals surface area contributed by atoms with Gasteiger partial charge in [0.25, 0.3) is 0 Å². The average molecular weight is 289 g/mol. The molecule has 2 unspecified atom stereocenters. The lowest BCUT2D eigenvalue weighted by atomic mass is 9.93. The summed E-state index contributed by atoms with van der Waals surface area (Å²) in [6.45, 7) is 4.27. The van der Waals surface area contributed by atoms with Crippen molar-refractivity contribution in [2.24, 2.45) is 5.73 Å². The van der Waals surface area contributed by atoms with E-state index in [1.807, 2.05) is 29.5 Å². The number of thiophene rings is 1. The highest BCUT2D eigenvalue weighted by Gasteiger charge is 2.29. The molecular formula is C16H19NO2S. The zero-order valence-electron chi connectivity index (χ0n) is 12.0. The summed E-state index contributed by atoms with van der Waals surface area (Å²) in [6, 6.07) is 8.08. The van der Waals surface area contributed by atoms with E-state index in [-0.39, 0.29) is 12.1 Å². The molecule has 3 nitrogen and oxygen atoms in total. The predicted octanol–water partition coefficient (Wildman–Crippen LogP) is 3.90. The summed E-state index contributed by atoms with van der Waals surface area (Å²) < 4.78 is 11.4. The van der Waals surface area contributed by atoms with E-state index in [0.717, 1.165) is 23.5 Å². The molecule has 0 radical (unpaired) electrons. The number of hydrogen-bond acceptors (Lipinski definition) is 4. The second kappa shape index (κ2) is 5.11. The topological polar surface area (TPSA) is 44.5 Å². The zero-order chi connectivity index (χ0) is 14.3. The molecule has 1 aliphatic heterocycles. The first-order valence-electron chi connectivity index (χ1n) is 6.75. The van der Waals surface area contributed by atoms with Gasteiger partial charge in [0.15, 0.2) is 0 Å². The largest absolute Gasteiger partial charge is 0.497 e. The minimum atomic E-state index is 0.00858. The lowest BCUT2D eigenvalue weighted by molar-refractivity contribution is 0.160. The number of hydrogen-bond donors (Lipinski definition) is 1. The van der Waals surface area contributed by atoms with Crippen LogP contribution in [-0.4, -0.2) is 7.11 Å². The van der Waals surface area contributed by atoms with Gasteiger partial charge in [-0.25, -0.2) is 0 Å². The van der Waals surface area contributed by atoms with Crippen LogP contribution in [-0.2, 0) is 0 Å². The molecule has 0 bridgehead atoms. The summed E-state index contributed by atoms with van der Waals surface area (Å²) >= 11 is 1.81. The lowest BCUT2D eigenvalue weighted by Gasteiger charge is -2.30. The third-order valence-electron chi connectivity index (χ3n) is 3.78. The summed E-state index contributed by atoms with van der Waals surface area (Å²) in [7, 11) is 1.66. The van der Waals surface area contributed by atoms with Gasteiger partial charge >= 0.3 is 0 Å². The van der Waals surface area contributed by atoms with Crippen LogP contribution in [0.15, 0.2) is 24.3 Å². The zero-order valence-corrected chi connectivity index (χ0v) is 12.8. The first-order chi connectivity index (χ1) is 9.58. The molecular weight excluding hydrogens is 270 g/mol. The Kier molecular flexibility index (Phi) is 3.44. The van der Waals surface area contributed by atoms with Crippen molar-refractivity contribution in [1.82, 2.24) is 0 Å². The van der Waals surface area contributed by atoms with Crippen LogP contribution in [0.4, 0.5) is 0 Å². The molecule has 0 saturated heterocycles. The van der Waals surface area contributed by atoms with Crippen molar-refractivity contribution < 1.29 is 9.47 Å². The van der Waals surface area contributed by atoms with Crippen molar-refractivity contribution >= 4 is 11.3 Å². The van der Waals surface area contributed by atoms with Crippen LogP contribution < -0.4 is 15.2 Å². The fourth-order valence-electron chi connectivity index (χ4n) is 2.77. The van der Waals surface area contributed by atoms with Crippen LogP contribution >= 0.6 is 11.3 Å². The van der Waals surface area contributed by atoms with E-state index in [1.165, 1.54) is 15.3 Å². The molecule has 2 heterocycles. The second-order valence-corrected chi connectivity index (χ2v) is 6.68. The standard InChI is InChI=1S/C16H19NO2S/c1-9-6-13(10(2)20-9)16-8-14(17)12-5-4-11(18-3)7-15(12)19-16/h4-7,14,16H,8,17H2,1-3H3. The van der Waals surface area contributed by atoms with Gasteiger partial charge in [0.1, 0.15) is 17.6 Å². The van der Waals surface area contributed by atoms with E-state index >= 15 is 0 Å². The van der Waals surface area contributed by atoms with Gasteiger partial charge in [-0.2, -0.15) is 0 Å². The summed E-state index contributed by atoms with van der Waals surface area (Å²) in [5, 5.41) is 0. The maximum atomic E-state index is 6.31. The Morgan fingerprint density at radius 3 is 2.70 bits per heavy atom. The van der Waals surface area contributed by atoms with Gasteiger partial charge in [0, 0.05) is 39.4 Å². The molecule has 20 heavy (non-hydrogen) atoms. The van der Waals surface area contributed by atoms with E-state index in [9.17, 15) is 0 Å². The lowest BCUT2D eigenvalue weighted by Crippen LogP contribution is -2.24. The predicted molar refractivity (Wildman–Crippen MR) is 81.7 cm³/mol. The Balaban J connectivity index is 1.96. The molecule has 0 saturated carbocycles. The number of aryl methyl sites for hydroxylation is 2. The number of ether oxygens (including phenoxy) is 2. The van der Waals surface area contributed by atoms with E-state index < -0.39 is 0 Å². The quantitative estimate of drug-likeness (QED) is 0.912. The van der Waals surface area contributed by atoms with Gasteiger partial charge in [0.2, 0.25) is 0 Å². The number of benzene rings is 1. The van der Waals surface area contributed by atoms with Crippen molar-refractivity contribution in [3.63, 3.8) is 0 Å². The second-order valence-electron chi connectivity index (χ2n) is 5.22. The molecule has 4 heteroatoms. The SMILES string of the molecule is COc1ccc2c(c1)OC(c1cc(C)sc1C)CC2N. The molecule has 106 valence electrons. The van der Waals surface area contributed by atoms with Crippen LogP contribution in [0.2, 0.25) is 0 Å². The minimum absolute atomic E-state index is 0.00858. The fraction of sp³-hybridized carbons (Fsp3) is 0.375. The van der Waals surface area contributed by atoms with Gasteiger partial charge in [-0.3, -0.25) is 0 Å². The fourth-order valence-corrected chi connectivity index (χ4v) is 3.75. The number of nitrogens with two attached hydrogens (primary N) is 1. The van der Waals surface area contributed by atoms with Gasteiger partial charge in [-0.1, -0.05) is 6.07 Å². The van der Waals surface area contributed by atoms with Crippen LogP contribution in [0.3, 0.4) is 0 Å². The first-order valence-corrected chi connectivity index (χ1v) is 7.57. The minimum Gasteiger partial charge on any atom is -0.497 e.